The molecule has 21 heavy (non-hydrogen) atoms. The van der Waals surface area contributed by atoms with Crippen LogP contribution < -0.4 is 5.32 Å². The van der Waals surface area contributed by atoms with Crippen LogP contribution in [0.1, 0.15) is 24.1 Å². The third kappa shape index (κ3) is 3.54. The summed E-state index contributed by atoms with van der Waals surface area (Å²) in [5.41, 5.74) is 2.57. The summed E-state index contributed by atoms with van der Waals surface area (Å²) < 4.78 is 0. The molecule has 2 amide bonds. The molecule has 0 radical (unpaired) electrons. The summed E-state index contributed by atoms with van der Waals surface area (Å²) in [6, 6.07) is 14.2. The normalized spacial score (nSPS) is 11.8. The number of aryl methyl sites for hydroxylation is 1. The fraction of sp³-hybridized carbons (Fsp3) is 0.235. The largest absolute Gasteiger partial charge is 0.508 e. The second-order valence-corrected chi connectivity index (χ2v) is 5.15. The van der Waals surface area contributed by atoms with E-state index in [0.29, 0.717) is 0 Å². The van der Waals surface area contributed by atoms with Crippen LogP contribution in [0.2, 0.25) is 0 Å². The zero-order chi connectivity index (χ0) is 15.4. The van der Waals surface area contributed by atoms with Gasteiger partial charge >= 0.3 is 6.03 Å². The molecule has 2 rings (SSSR count). The molecule has 0 saturated carbocycles. The maximum atomic E-state index is 12.3. The molecule has 0 aromatic heterocycles. The molecule has 0 aliphatic heterocycles. The molecular weight excluding hydrogens is 264 g/mol. The molecule has 2 aromatic rings. The Labute approximate surface area is 125 Å². The molecule has 0 aliphatic carbocycles. The second-order valence-electron chi connectivity index (χ2n) is 5.15. The first-order chi connectivity index (χ1) is 9.99. The number of rotatable bonds is 3. The zero-order valence-electron chi connectivity index (χ0n) is 12.5. The van der Waals surface area contributed by atoms with E-state index in [9.17, 15) is 9.90 Å². The van der Waals surface area contributed by atoms with Crippen molar-refractivity contribution in [2.75, 3.05) is 12.4 Å². The van der Waals surface area contributed by atoms with E-state index in [1.165, 1.54) is 0 Å². The Balaban J connectivity index is 2.10. The van der Waals surface area contributed by atoms with Crippen molar-refractivity contribution in [2.45, 2.75) is 19.9 Å². The number of nitrogens with one attached hydrogen (secondary N) is 1. The lowest BCUT2D eigenvalue weighted by molar-refractivity contribution is 0.207. The first kappa shape index (κ1) is 14.9. The van der Waals surface area contributed by atoms with Crippen LogP contribution in [0.4, 0.5) is 10.5 Å². The van der Waals surface area contributed by atoms with Crippen LogP contribution in [0, 0.1) is 6.92 Å². The molecule has 0 heterocycles. The van der Waals surface area contributed by atoms with Gasteiger partial charge in [0.15, 0.2) is 0 Å². The lowest BCUT2D eigenvalue weighted by Gasteiger charge is -2.26. The second kappa shape index (κ2) is 6.31. The highest BCUT2D eigenvalue weighted by Crippen LogP contribution is 2.27. The molecule has 2 aromatic carbocycles. The third-order valence-electron chi connectivity index (χ3n) is 3.56. The molecule has 0 fully saturated rings. The number of phenolic OH excluding ortho intramolecular Hbond substituents is 1. The minimum Gasteiger partial charge on any atom is -0.508 e. The number of amides is 2. The van der Waals surface area contributed by atoms with Crippen molar-refractivity contribution < 1.29 is 9.90 Å². The summed E-state index contributed by atoms with van der Waals surface area (Å²) in [6.45, 7) is 3.86. The van der Waals surface area contributed by atoms with Crippen LogP contribution in [-0.4, -0.2) is 23.1 Å². The highest BCUT2D eigenvalue weighted by atomic mass is 16.3. The predicted octanol–water partition coefficient (Wildman–Crippen LogP) is 3.93. The number of phenols is 1. The average Bonchev–Trinajstić information content (AvgIpc) is 2.46. The van der Waals surface area contributed by atoms with Crippen molar-refractivity contribution in [3.63, 3.8) is 0 Å². The van der Waals surface area contributed by atoms with Crippen LogP contribution in [-0.2, 0) is 0 Å². The Hall–Kier alpha value is -2.49. The molecular formula is C17H20N2O2. The smallest absolute Gasteiger partial charge is 0.322 e. The fourth-order valence-corrected chi connectivity index (χ4v) is 2.16. The van der Waals surface area contributed by atoms with Gasteiger partial charge in [0.05, 0.1) is 6.04 Å². The lowest BCUT2D eigenvalue weighted by atomic mass is 10.1. The topological polar surface area (TPSA) is 52.6 Å². The Bertz CT molecular complexity index is 640. The van der Waals surface area contributed by atoms with Crippen molar-refractivity contribution in [3.8, 4) is 5.75 Å². The van der Waals surface area contributed by atoms with E-state index in [1.807, 2.05) is 50.2 Å². The first-order valence-electron chi connectivity index (χ1n) is 6.87. The van der Waals surface area contributed by atoms with Crippen LogP contribution in [0.15, 0.2) is 48.5 Å². The number of carbonyl (C=O) groups excluding carboxylic acids is 1. The molecule has 0 spiro atoms. The summed E-state index contributed by atoms with van der Waals surface area (Å²) in [5.74, 6) is 0.195. The van der Waals surface area contributed by atoms with Gasteiger partial charge in [0.2, 0.25) is 0 Å². The third-order valence-corrected chi connectivity index (χ3v) is 3.56. The van der Waals surface area contributed by atoms with Crippen molar-refractivity contribution in [2.24, 2.45) is 0 Å². The van der Waals surface area contributed by atoms with Crippen LogP contribution >= 0.6 is 0 Å². The number of nitrogens with zero attached hydrogens (tertiary/aromatic N) is 1. The Morgan fingerprint density at radius 3 is 2.57 bits per heavy atom. The molecule has 0 aliphatic rings. The summed E-state index contributed by atoms with van der Waals surface area (Å²) >= 11 is 0. The van der Waals surface area contributed by atoms with Gasteiger partial charge in [-0.15, -0.1) is 0 Å². The maximum absolute atomic E-state index is 12.3. The van der Waals surface area contributed by atoms with Crippen molar-refractivity contribution in [3.05, 3.63) is 59.7 Å². The maximum Gasteiger partial charge on any atom is 0.322 e. The quantitative estimate of drug-likeness (QED) is 0.897. The van der Waals surface area contributed by atoms with Gasteiger partial charge in [0.1, 0.15) is 5.75 Å². The average molecular weight is 284 g/mol. The Morgan fingerprint density at radius 2 is 1.90 bits per heavy atom. The number of benzene rings is 2. The zero-order valence-corrected chi connectivity index (χ0v) is 12.5. The van der Waals surface area contributed by atoms with E-state index in [4.69, 9.17) is 0 Å². The van der Waals surface area contributed by atoms with E-state index < -0.39 is 0 Å². The first-order valence-corrected chi connectivity index (χ1v) is 6.87. The van der Waals surface area contributed by atoms with Gasteiger partial charge in [-0.05, 0) is 37.6 Å². The van der Waals surface area contributed by atoms with Crippen LogP contribution in [0.25, 0.3) is 0 Å². The minimum atomic E-state index is -0.226. The van der Waals surface area contributed by atoms with Gasteiger partial charge in [0, 0.05) is 18.3 Å². The van der Waals surface area contributed by atoms with Gasteiger partial charge in [-0.3, -0.25) is 0 Å². The van der Waals surface area contributed by atoms with Crippen LogP contribution in [0.3, 0.4) is 0 Å². The molecule has 0 unspecified atom stereocenters. The standard InChI is InChI=1S/C17H20N2O2/c1-12-7-6-8-14(11-12)18-17(21)19(3)13(2)15-9-4-5-10-16(15)20/h4-11,13,20H,1-3H3,(H,18,21)/t13-/m0/s1. The SMILES string of the molecule is Cc1cccc(NC(=O)N(C)[C@@H](C)c2ccccc2O)c1. The number of urea groups is 1. The molecule has 0 bridgehead atoms. The van der Waals surface area contributed by atoms with Crippen molar-refractivity contribution in [1.29, 1.82) is 0 Å². The van der Waals surface area contributed by atoms with Crippen molar-refractivity contribution in [1.82, 2.24) is 4.90 Å². The number of para-hydroxylation sites is 1. The van der Waals surface area contributed by atoms with E-state index in [2.05, 4.69) is 5.32 Å². The minimum absolute atomic E-state index is 0.195. The highest BCUT2D eigenvalue weighted by molar-refractivity contribution is 5.89. The Morgan fingerprint density at radius 1 is 1.19 bits per heavy atom. The van der Waals surface area contributed by atoms with Gasteiger partial charge in [-0.1, -0.05) is 30.3 Å². The lowest BCUT2D eigenvalue weighted by Crippen LogP contribution is -2.33. The fourth-order valence-electron chi connectivity index (χ4n) is 2.16. The molecule has 2 N–H and O–H groups in total. The summed E-state index contributed by atoms with van der Waals surface area (Å²) in [7, 11) is 1.71. The highest BCUT2D eigenvalue weighted by Gasteiger charge is 2.19. The molecule has 4 heteroatoms. The number of hydrogen-bond acceptors (Lipinski definition) is 2. The van der Waals surface area contributed by atoms with Crippen molar-refractivity contribution >= 4 is 11.7 Å². The van der Waals surface area contributed by atoms with Gasteiger partial charge in [0.25, 0.3) is 0 Å². The monoisotopic (exact) mass is 284 g/mol. The number of anilines is 1. The van der Waals surface area contributed by atoms with Gasteiger partial charge in [-0.2, -0.15) is 0 Å². The molecule has 0 saturated heterocycles. The summed E-state index contributed by atoms with van der Waals surface area (Å²) in [4.78, 5) is 13.8. The predicted molar refractivity (Wildman–Crippen MR) is 84.5 cm³/mol. The number of hydrogen-bond donors (Lipinski definition) is 2. The molecule has 1 atom stereocenters. The van der Waals surface area contributed by atoms with E-state index >= 15 is 0 Å². The van der Waals surface area contributed by atoms with E-state index in [-0.39, 0.29) is 17.8 Å². The Kier molecular flexibility index (Phi) is 4.48. The molecule has 4 nitrogen and oxygen atoms in total. The van der Waals surface area contributed by atoms with Crippen LogP contribution in [0.5, 0.6) is 5.75 Å². The summed E-state index contributed by atoms with van der Waals surface area (Å²) in [5, 5.41) is 12.7. The number of carbonyl (C=O) groups is 1. The molecule has 110 valence electrons. The van der Waals surface area contributed by atoms with E-state index in [1.54, 1.807) is 24.1 Å². The number of aromatic hydroxyl groups is 1. The van der Waals surface area contributed by atoms with E-state index in [0.717, 1.165) is 16.8 Å². The van der Waals surface area contributed by atoms with Gasteiger partial charge < -0.3 is 15.3 Å². The summed E-state index contributed by atoms with van der Waals surface area (Å²) in [6.07, 6.45) is 0. The van der Waals surface area contributed by atoms with Gasteiger partial charge in [-0.25, -0.2) is 4.79 Å².